The number of aliphatic carboxylic acids is 1. The average molecular weight is 281 g/mol. The van der Waals surface area contributed by atoms with Crippen molar-refractivity contribution in [1.29, 1.82) is 0 Å². The summed E-state index contributed by atoms with van der Waals surface area (Å²) < 4.78 is 5.28. The molecule has 1 rings (SSSR count). The smallest absolute Gasteiger partial charge is 0.305 e. The molecule has 0 amide bonds. The molecule has 1 unspecified atom stereocenters. The molecule has 20 heavy (non-hydrogen) atoms. The van der Waals surface area contributed by atoms with E-state index in [2.05, 4.69) is 5.32 Å². The van der Waals surface area contributed by atoms with Crippen molar-refractivity contribution in [2.45, 2.75) is 19.4 Å². The number of nitrogens with one attached hydrogen (secondary N) is 1. The third-order valence-corrected chi connectivity index (χ3v) is 2.65. The van der Waals surface area contributed by atoms with Crippen LogP contribution >= 0.6 is 0 Å². The first-order chi connectivity index (χ1) is 9.58. The highest BCUT2D eigenvalue weighted by Gasteiger charge is 2.22. The number of aliphatic hydroxyl groups is 1. The molecule has 6 nitrogen and oxygen atoms in total. The molecule has 0 aliphatic carbocycles. The number of carbonyl (C=O) groups is 2. The van der Waals surface area contributed by atoms with Gasteiger partial charge in [0.25, 0.3) is 0 Å². The molecule has 1 atom stereocenters. The minimum absolute atomic E-state index is 0.160. The van der Waals surface area contributed by atoms with Crippen molar-refractivity contribution >= 4 is 11.8 Å². The third-order valence-electron chi connectivity index (χ3n) is 2.65. The molecule has 0 spiro atoms. The number of hydrogen-bond acceptors (Lipinski definition) is 5. The molecule has 110 valence electrons. The van der Waals surface area contributed by atoms with Crippen LogP contribution in [0.15, 0.2) is 24.3 Å². The molecule has 3 N–H and O–H groups in total. The summed E-state index contributed by atoms with van der Waals surface area (Å²) in [6, 6.07) is 5.69. The summed E-state index contributed by atoms with van der Waals surface area (Å²) in [4.78, 5) is 23.0. The zero-order valence-corrected chi connectivity index (χ0v) is 11.3. The first-order valence-electron chi connectivity index (χ1n) is 6.41. The van der Waals surface area contributed by atoms with Crippen LogP contribution in [0, 0.1) is 0 Å². The Morgan fingerprint density at radius 2 is 1.95 bits per heavy atom. The monoisotopic (exact) mass is 281 g/mol. The van der Waals surface area contributed by atoms with Crippen LogP contribution in [-0.4, -0.2) is 47.8 Å². The Hall–Kier alpha value is -1.92. The van der Waals surface area contributed by atoms with E-state index in [0.717, 1.165) is 0 Å². The molecule has 0 fully saturated rings. The molecular weight excluding hydrogens is 262 g/mol. The largest absolute Gasteiger partial charge is 0.494 e. The number of ether oxygens (including phenoxy) is 1. The highest BCUT2D eigenvalue weighted by molar-refractivity contribution is 6.01. The third kappa shape index (κ3) is 4.99. The second kappa shape index (κ2) is 8.29. The Morgan fingerprint density at radius 3 is 2.45 bits per heavy atom. The summed E-state index contributed by atoms with van der Waals surface area (Å²) >= 11 is 0. The van der Waals surface area contributed by atoms with E-state index < -0.39 is 12.0 Å². The van der Waals surface area contributed by atoms with E-state index in [9.17, 15) is 9.59 Å². The molecule has 0 bridgehead atoms. The lowest BCUT2D eigenvalue weighted by Gasteiger charge is -2.15. The van der Waals surface area contributed by atoms with Gasteiger partial charge in [0.05, 0.1) is 25.7 Å². The van der Waals surface area contributed by atoms with Crippen LogP contribution < -0.4 is 10.1 Å². The molecule has 0 radical (unpaired) electrons. The Morgan fingerprint density at radius 1 is 1.30 bits per heavy atom. The Kier molecular flexibility index (Phi) is 6.69. The molecule has 1 aromatic carbocycles. The molecule has 0 saturated heterocycles. The summed E-state index contributed by atoms with van der Waals surface area (Å²) in [7, 11) is 0. The maximum Gasteiger partial charge on any atom is 0.305 e. The average Bonchev–Trinajstić information content (AvgIpc) is 2.43. The van der Waals surface area contributed by atoms with E-state index in [0.29, 0.717) is 17.9 Å². The predicted molar refractivity (Wildman–Crippen MR) is 73.1 cm³/mol. The standard InChI is InChI=1S/C14H19NO5/c1-2-20-11-5-3-10(4-6-11)14(19)12(9-13(17)18)15-7-8-16/h3-6,12,15-16H,2,7-9H2,1H3,(H,17,18). The lowest BCUT2D eigenvalue weighted by molar-refractivity contribution is -0.137. The second-order valence-electron chi connectivity index (χ2n) is 4.15. The quantitative estimate of drug-likeness (QED) is 0.576. The topological polar surface area (TPSA) is 95.9 Å². The first-order valence-corrected chi connectivity index (χ1v) is 6.41. The summed E-state index contributed by atoms with van der Waals surface area (Å²) in [5.41, 5.74) is 0.408. The van der Waals surface area contributed by atoms with Crippen molar-refractivity contribution in [1.82, 2.24) is 5.32 Å². The fourth-order valence-corrected chi connectivity index (χ4v) is 1.75. The highest BCUT2D eigenvalue weighted by Crippen LogP contribution is 2.14. The van der Waals surface area contributed by atoms with Gasteiger partial charge in [-0.1, -0.05) is 0 Å². The molecule has 1 aromatic rings. The number of rotatable bonds is 9. The van der Waals surface area contributed by atoms with Crippen LogP contribution in [0.3, 0.4) is 0 Å². The van der Waals surface area contributed by atoms with Crippen molar-refractivity contribution in [2.75, 3.05) is 19.8 Å². The van der Waals surface area contributed by atoms with Gasteiger partial charge in [-0.3, -0.25) is 9.59 Å². The van der Waals surface area contributed by atoms with Gasteiger partial charge >= 0.3 is 5.97 Å². The Bertz CT molecular complexity index is 443. The SMILES string of the molecule is CCOc1ccc(C(=O)C(CC(=O)O)NCCO)cc1. The number of ketones is 1. The van der Waals surface area contributed by atoms with Crippen LogP contribution in [0.5, 0.6) is 5.75 Å². The molecule has 0 heterocycles. The Balaban J connectivity index is 2.78. The van der Waals surface area contributed by atoms with Crippen molar-refractivity contribution in [3.05, 3.63) is 29.8 Å². The minimum Gasteiger partial charge on any atom is -0.494 e. The zero-order chi connectivity index (χ0) is 15.0. The van der Waals surface area contributed by atoms with Gasteiger partial charge in [-0.2, -0.15) is 0 Å². The van der Waals surface area contributed by atoms with E-state index in [4.69, 9.17) is 14.9 Å². The van der Waals surface area contributed by atoms with Gasteiger partial charge in [-0.15, -0.1) is 0 Å². The van der Waals surface area contributed by atoms with Crippen LogP contribution in [-0.2, 0) is 4.79 Å². The summed E-state index contributed by atoms with van der Waals surface area (Å²) in [5.74, 6) is -0.731. The normalized spacial score (nSPS) is 11.9. The molecule has 0 saturated carbocycles. The lowest BCUT2D eigenvalue weighted by atomic mass is 10.0. The van der Waals surface area contributed by atoms with Crippen molar-refractivity contribution in [2.24, 2.45) is 0 Å². The van der Waals surface area contributed by atoms with E-state index in [-0.39, 0.29) is 25.4 Å². The number of carboxylic acids is 1. The number of aliphatic hydroxyl groups excluding tert-OH is 1. The summed E-state index contributed by atoms with van der Waals surface area (Å²) in [5, 5.41) is 20.3. The maximum absolute atomic E-state index is 12.2. The number of benzene rings is 1. The van der Waals surface area contributed by atoms with Crippen LogP contribution in [0.4, 0.5) is 0 Å². The van der Waals surface area contributed by atoms with Crippen molar-refractivity contribution < 1.29 is 24.5 Å². The van der Waals surface area contributed by atoms with Gasteiger partial charge in [-0.25, -0.2) is 0 Å². The maximum atomic E-state index is 12.2. The van der Waals surface area contributed by atoms with Gasteiger partial charge < -0.3 is 20.3 Å². The van der Waals surface area contributed by atoms with Gasteiger partial charge in [0.2, 0.25) is 0 Å². The number of carbonyl (C=O) groups excluding carboxylic acids is 1. The number of Topliss-reactive ketones (excluding diaryl/α,β-unsaturated/α-hetero) is 1. The van der Waals surface area contributed by atoms with Crippen LogP contribution in [0.25, 0.3) is 0 Å². The van der Waals surface area contributed by atoms with Crippen LogP contribution in [0.2, 0.25) is 0 Å². The molecule has 0 aliphatic rings. The molecular formula is C14H19NO5. The van der Waals surface area contributed by atoms with E-state index in [1.807, 2.05) is 6.92 Å². The molecule has 6 heteroatoms. The fourth-order valence-electron chi connectivity index (χ4n) is 1.75. The van der Waals surface area contributed by atoms with E-state index in [1.54, 1.807) is 24.3 Å². The predicted octanol–water partition coefficient (Wildman–Crippen LogP) is 0.693. The fraction of sp³-hybridized carbons (Fsp3) is 0.429. The Labute approximate surface area is 117 Å². The van der Waals surface area contributed by atoms with Crippen LogP contribution in [0.1, 0.15) is 23.7 Å². The van der Waals surface area contributed by atoms with Gasteiger partial charge in [-0.05, 0) is 31.2 Å². The van der Waals surface area contributed by atoms with Crippen molar-refractivity contribution in [3.63, 3.8) is 0 Å². The van der Waals surface area contributed by atoms with E-state index >= 15 is 0 Å². The molecule has 0 aromatic heterocycles. The van der Waals surface area contributed by atoms with Gasteiger partial charge in [0, 0.05) is 12.1 Å². The van der Waals surface area contributed by atoms with E-state index in [1.165, 1.54) is 0 Å². The summed E-state index contributed by atoms with van der Waals surface area (Å²) in [6.45, 7) is 2.40. The van der Waals surface area contributed by atoms with Crippen molar-refractivity contribution in [3.8, 4) is 5.75 Å². The number of hydrogen-bond donors (Lipinski definition) is 3. The second-order valence-corrected chi connectivity index (χ2v) is 4.15. The van der Waals surface area contributed by atoms with Gasteiger partial charge in [0.1, 0.15) is 5.75 Å². The highest BCUT2D eigenvalue weighted by atomic mass is 16.5. The number of carboxylic acid groups (broad SMARTS) is 1. The minimum atomic E-state index is -1.07. The summed E-state index contributed by atoms with van der Waals surface area (Å²) in [6.07, 6.45) is -0.327. The van der Waals surface area contributed by atoms with Gasteiger partial charge in [0.15, 0.2) is 5.78 Å². The zero-order valence-electron chi connectivity index (χ0n) is 11.3. The lowest BCUT2D eigenvalue weighted by Crippen LogP contribution is -2.40. The molecule has 0 aliphatic heterocycles. The first kappa shape index (κ1) is 16.1.